The Hall–Kier alpha value is -1.84. The van der Waals surface area contributed by atoms with E-state index < -0.39 is 16.8 Å². The molecule has 0 radical (unpaired) electrons. The minimum Gasteiger partial charge on any atom is -0.481 e. The fourth-order valence-electron chi connectivity index (χ4n) is 3.29. The van der Waals surface area contributed by atoms with E-state index in [0.29, 0.717) is 12.8 Å². The van der Waals surface area contributed by atoms with Crippen LogP contribution < -0.4 is 5.32 Å². The molecule has 0 saturated heterocycles. The number of carboxylic acid groups (broad SMARTS) is 1. The zero-order chi connectivity index (χ0) is 15.8. The first-order valence-corrected chi connectivity index (χ1v) is 7.29. The molecule has 1 aromatic carbocycles. The van der Waals surface area contributed by atoms with Crippen molar-refractivity contribution >= 4 is 17.6 Å². The Morgan fingerprint density at radius 2 is 1.95 bits per heavy atom. The van der Waals surface area contributed by atoms with Crippen molar-refractivity contribution in [3.63, 3.8) is 0 Å². The van der Waals surface area contributed by atoms with Crippen LogP contribution in [0.4, 0.5) is 5.69 Å². The molecule has 1 aromatic rings. The van der Waals surface area contributed by atoms with E-state index in [1.54, 1.807) is 6.92 Å². The molecule has 1 saturated carbocycles. The molecule has 4 heteroatoms. The predicted molar refractivity (Wildman–Crippen MR) is 82.1 cm³/mol. The summed E-state index contributed by atoms with van der Waals surface area (Å²) in [6.07, 6.45) is 1.13. The van der Waals surface area contributed by atoms with Crippen molar-refractivity contribution in [3.8, 4) is 0 Å². The molecule has 1 fully saturated rings. The number of aliphatic carboxylic acids is 1. The molecule has 114 valence electrons. The van der Waals surface area contributed by atoms with Gasteiger partial charge in [-0.15, -0.1) is 0 Å². The van der Waals surface area contributed by atoms with Crippen molar-refractivity contribution in [2.24, 2.45) is 16.7 Å². The standard InChI is InChI=1S/C17H23NO3/c1-11-6-5-7-12(10-11)18-14(19)13-8-9-17(4,15(20)21)16(13,2)3/h5-7,10,13H,8-9H2,1-4H3,(H,18,19)(H,20,21). The summed E-state index contributed by atoms with van der Waals surface area (Å²) in [5, 5.41) is 12.4. The second kappa shape index (κ2) is 5.17. The maximum absolute atomic E-state index is 12.5. The maximum Gasteiger partial charge on any atom is 0.309 e. The van der Waals surface area contributed by atoms with Gasteiger partial charge in [0.2, 0.25) is 5.91 Å². The van der Waals surface area contributed by atoms with Crippen LogP contribution in [-0.2, 0) is 9.59 Å². The lowest BCUT2D eigenvalue weighted by atomic mass is 9.65. The number of anilines is 1. The van der Waals surface area contributed by atoms with Gasteiger partial charge in [0, 0.05) is 11.6 Å². The number of hydrogen-bond acceptors (Lipinski definition) is 2. The van der Waals surface area contributed by atoms with E-state index in [1.165, 1.54) is 0 Å². The first-order valence-electron chi connectivity index (χ1n) is 7.29. The smallest absolute Gasteiger partial charge is 0.309 e. The lowest BCUT2D eigenvalue weighted by molar-refractivity contribution is -0.154. The first-order chi connectivity index (χ1) is 9.68. The molecular weight excluding hydrogens is 266 g/mol. The van der Waals surface area contributed by atoms with Crippen molar-refractivity contribution in [2.75, 3.05) is 5.32 Å². The van der Waals surface area contributed by atoms with E-state index in [0.717, 1.165) is 11.3 Å². The van der Waals surface area contributed by atoms with E-state index in [2.05, 4.69) is 5.32 Å². The molecule has 0 spiro atoms. The summed E-state index contributed by atoms with van der Waals surface area (Å²) in [7, 11) is 0. The van der Waals surface area contributed by atoms with Gasteiger partial charge in [0.15, 0.2) is 0 Å². The molecule has 0 heterocycles. The zero-order valence-electron chi connectivity index (χ0n) is 13.1. The Morgan fingerprint density at radius 3 is 2.48 bits per heavy atom. The lowest BCUT2D eigenvalue weighted by Crippen LogP contribution is -2.43. The van der Waals surface area contributed by atoms with Crippen LogP contribution in [0.3, 0.4) is 0 Å². The molecule has 0 aromatic heterocycles. The van der Waals surface area contributed by atoms with Gasteiger partial charge < -0.3 is 10.4 Å². The van der Waals surface area contributed by atoms with E-state index in [1.807, 2.05) is 45.0 Å². The Balaban J connectivity index is 2.19. The van der Waals surface area contributed by atoms with E-state index in [9.17, 15) is 14.7 Å². The number of hydrogen-bond donors (Lipinski definition) is 2. The van der Waals surface area contributed by atoms with Crippen LogP contribution in [0.2, 0.25) is 0 Å². The summed E-state index contributed by atoms with van der Waals surface area (Å²) in [6, 6.07) is 7.63. The van der Waals surface area contributed by atoms with Crippen LogP contribution in [-0.4, -0.2) is 17.0 Å². The third kappa shape index (κ3) is 2.55. The minimum absolute atomic E-state index is 0.0874. The van der Waals surface area contributed by atoms with Crippen molar-refractivity contribution in [3.05, 3.63) is 29.8 Å². The number of nitrogens with one attached hydrogen (secondary N) is 1. The molecule has 2 unspecified atom stereocenters. The van der Waals surface area contributed by atoms with Gasteiger partial charge in [0.1, 0.15) is 0 Å². The van der Waals surface area contributed by atoms with Gasteiger partial charge in [-0.2, -0.15) is 0 Å². The fourth-order valence-corrected chi connectivity index (χ4v) is 3.29. The van der Waals surface area contributed by atoms with Crippen LogP contribution in [0.25, 0.3) is 0 Å². The van der Waals surface area contributed by atoms with Crippen LogP contribution in [0.15, 0.2) is 24.3 Å². The van der Waals surface area contributed by atoms with Crippen molar-refractivity contribution in [1.29, 1.82) is 0 Å². The number of carbonyl (C=O) groups is 2. The van der Waals surface area contributed by atoms with Crippen molar-refractivity contribution < 1.29 is 14.7 Å². The largest absolute Gasteiger partial charge is 0.481 e. The molecule has 0 bridgehead atoms. The van der Waals surface area contributed by atoms with E-state index >= 15 is 0 Å². The topological polar surface area (TPSA) is 66.4 Å². The lowest BCUT2D eigenvalue weighted by Gasteiger charge is -2.37. The summed E-state index contributed by atoms with van der Waals surface area (Å²) in [4.78, 5) is 24.1. The molecule has 1 aliphatic carbocycles. The van der Waals surface area contributed by atoms with E-state index in [-0.39, 0.29) is 11.8 Å². The quantitative estimate of drug-likeness (QED) is 0.895. The molecule has 1 amide bonds. The highest BCUT2D eigenvalue weighted by molar-refractivity contribution is 5.94. The van der Waals surface area contributed by atoms with Gasteiger partial charge in [-0.05, 0) is 49.8 Å². The van der Waals surface area contributed by atoms with Gasteiger partial charge in [-0.1, -0.05) is 26.0 Å². The summed E-state index contributed by atoms with van der Waals surface area (Å²) in [6.45, 7) is 7.48. The Morgan fingerprint density at radius 1 is 1.29 bits per heavy atom. The first kappa shape index (κ1) is 15.5. The van der Waals surface area contributed by atoms with Crippen LogP contribution in [0.5, 0.6) is 0 Å². The van der Waals surface area contributed by atoms with Gasteiger partial charge >= 0.3 is 5.97 Å². The van der Waals surface area contributed by atoms with Gasteiger partial charge in [-0.3, -0.25) is 9.59 Å². The van der Waals surface area contributed by atoms with E-state index in [4.69, 9.17) is 0 Å². The van der Waals surface area contributed by atoms with Crippen LogP contribution >= 0.6 is 0 Å². The molecule has 1 aliphatic rings. The van der Waals surface area contributed by atoms with Crippen molar-refractivity contribution in [1.82, 2.24) is 0 Å². The number of carboxylic acids is 1. The average Bonchev–Trinajstić information content (AvgIpc) is 2.61. The summed E-state index contributed by atoms with van der Waals surface area (Å²) < 4.78 is 0. The van der Waals surface area contributed by atoms with Gasteiger partial charge in [0.25, 0.3) is 0 Å². The Labute approximate surface area is 125 Å². The second-order valence-corrected chi connectivity index (χ2v) is 6.81. The highest BCUT2D eigenvalue weighted by Gasteiger charge is 2.58. The van der Waals surface area contributed by atoms with Crippen molar-refractivity contribution in [2.45, 2.75) is 40.5 Å². The maximum atomic E-state index is 12.5. The minimum atomic E-state index is -0.860. The number of rotatable bonds is 3. The molecule has 2 N–H and O–H groups in total. The normalized spacial score (nSPS) is 27.3. The number of benzene rings is 1. The van der Waals surface area contributed by atoms with Gasteiger partial charge in [0.05, 0.1) is 5.41 Å². The highest BCUT2D eigenvalue weighted by Crippen LogP contribution is 2.56. The molecule has 21 heavy (non-hydrogen) atoms. The van der Waals surface area contributed by atoms with Gasteiger partial charge in [-0.25, -0.2) is 0 Å². The predicted octanol–water partition coefficient (Wildman–Crippen LogP) is 3.46. The second-order valence-electron chi connectivity index (χ2n) is 6.81. The fraction of sp³-hybridized carbons (Fsp3) is 0.529. The monoisotopic (exact) mass is 289 g/mol. The Kier molecular flexibility index (Phi) is 3.83. The summed E-state index contributed by atoms with van der Waals surface area (Å²) in [5.74, 6) is -1.20. The molecule has 0 aliphatic heterocycles. The average molecular weight is 289 g/mol. The van der Waals surface area contributed by atoms with Crippen LogP contribution in [0.1, 0.15) is 39.2 Å². The molecule has 2 rings (SSSR count). The summed E-state index contributed by atoms with van der Waals surface area (Å²) >= 11 is 0. The molecule has 2 atom stereocenters. The summed E-state index contributed by atoms with van der Waals surface area (Å²) in [5.41, 5.74) is 0.405. The number of amides is 1. The Bertz CT molecular complexity index is 579. The third-order valence-corrected chi connectivity index (χ3v) is 5.30. The molecule has 4 nitrogen and oxygen atoms in total. The SMILES string of the molecule is Cc1cccc(NC(=O)C2CCC(C)(C(=O)O)C2(C)C)c1. The number of carbonyl (C=O) groups excluding carboxylic acids is 1. The zero-order valence-corrected chi connectivity index (χ0v) is 13.1. The third-order valence-electron chi connectivity index (χ3n) is 5.30. The van der Waals surface area contributed by atoms with Crippen LogP contribution in [0, 0.1) is 23.7 Å². The highest BCUT2D eigenvalue weighted by atomic mass is 16.4. The number of aryl methyl sites for hydroxylation is 1. The molecular formula is C17H23NO3.